The number of carboxylic acid groups (broad SMARTS) is 1. The van der Waals surface area contributed by atoms with Crippen molar-refractivity contribution in [2.24, 2.45) is 7.05 Å². The summed E-state index contributed by atoms with van der Waals surface area (Å²) in [5.74, 6) is -1.42. The van der Waals surface area contributed by atoms with Crippen molar-refractivity contribution >= 4 is 11.9 Å². The summed E-state index contributed by atoms with van der Waals surface area (Å²) in [4.78, 5) is 26.4. The number of aromatic carboxylic acids is 1. The van der Waals surface area contributed by atoms with Gasteiger partial charge in [-0.25, -0.2) is 9.78 Å². The Bertz CT molecular complexity index is 661. The fourth-order valence-corrected chi connectivity index (χ4v) is 1.96. The highest BCUT2D eigenvalue weighted by atomic mass is 16.4. The van der Waals surface area contributed by atoms with E-state index in [2.05, 4.69) is 15.4 Å². The molecule has 2 aromatic heterocycles. The molecule has 0 aromatic carbocycles. The number of aryl methyl sites for hydroxylation is 2. The highest BCUT2D eigenvalue weighted by Gasteiger charge is 2.11. The number of nitrogens with zero attached hydrogens (tertiary/aromatic N) is 3. The summed E-state index contributed by atoms with van der Waals surface area (Å²) in [5.41, 5.74) is 2.13. The molecule has 110 valence electrons. The summed E-state index contributed by atoms with van der Waals surface area (Å²) in [7, 11) is 1.83. The number of carbonyl (C=O) groups is 2. The van der Waals surface area contributed by atoms with Crippen molar-refractivity contribution in [3.63, 3.8) is 0 Å². The number of nitrogens with one attached hydrogen (secondary N) is 1. The number of rotatable bonds is 5. The molecule has 0 spiro atoms. The van der Waals surface area contributed by atoms with Crippen molar-refractivity contribution in [3.05, 3.63) is 47.0 Å². The van der Waals surface area contributed by atoms with Crippen LogP contribution in [0.3, 0.4) is 0 Å². The average molecular weight is 288 g/mol. The second-order valence-electron chi connectivity index (χ2n) is 4.55. The van der Waals surface area contributed by atoms with Crippen LogP contribution >= 0.6 is 0 Å². The van der Waals surface area contributed by atoms with E-state index in [1.165, 1.54) is 18.3 Å². The lowest BCUT2D eigenvalue weighted by Crippen LogP contribution is -2.23. The molecule has 1 amide bonds. The fraction of sp³-hybridized carbons (Fsp3) is 0.286. The molecule has 21 heavy (non-hydrogen) atoms. The third kappa shape index (κ3) is 3.44. The normalized spacial score (nSPS) is 10.4. The molecule has 7 heteroatoms. The average Bonchev–Trinajstić information content (AvgIpc) is 2.85. The Kier molecular flexibility index (Phi) is 4.32. The van der Waals surface area contributed by atoms with E-state index < -0.39 is 5.97 Å². The number of hydrogen-bond acceptors (Lipinski definition) is 4. The number of aromatic nitrogens is 3. The summed E-state index contributed by atoms with van der Waals surface area (Å²) < 4.78 is 1.71. The molecular formula is C14H16N4O3. The maximum absolute atomic E-state index is 12.0. The molecule has 2 N–H and O–H groups in total. The van der Waals surface area contributed by atoms with Crippen LogP contribution in [0, 0.1) is 0 Å². The molecule has 0 saturated carbocycles. The first-order valence-corrected chi connectivity index (χ1v) is 6.50. The fourth-order valence-electron chi connectivity index (χ4n) is 1.96. The second kappa shape index (κ2) is 6.17. The first-order valence-electron chi connectivity index (χ1n) is 6.50. The topological polar surface area (TPSA) is 97.1 Å². The molecule has 0 aliphatic carbocycles. The predicted octanol–water partition coefficient (Wildman–Crippen LogP) is 1.01. The van der Waals surface area contributed by atoms with E-state index in [1.54, 1.807) is 4.68 Å². The minimum absolute atomic E-state index is 0.0907. The number of carbonyl (C=O) groups excluding carboxylic acids is 1. The number of pyridine rings is 1. The van der Waals surface area contributed by atoms with Gasteiger partial charge in [0.1, 0.15) is 5.69 Å². The molecular weight excluding hydrogens is 272 g/mol. The molecule has 0 unspecified atom stereocenters. The van der Waals surface area contributed by atoms with Crippen LogP contribution in [0.1, 0.15) is 39.0 Å². The molecule has 0 saturated heterocycles. The lowest BCUT2D eigenvalue weighted by Gasteiger charge is -2.05. The Morgan fingerprint density at radius 2 is 2.14 bits per heavy atom. The van der Waals surface area contributed by atoms with E-state index in [4.69, 9.17) is 5.11 Å². The Hall–Kier alpha value is -2.70. The van der Waals surface area contributed by atoms with Crippen molar-refractivity contribution in [1.82, 2.24) is 20.1 Å². The summed E-state index contributed by atoms with van der Waals surface area (Å²) in [6.07, 6.45) is 3.91. The quantitative estimate of drug-likeness (QED) is 0.855. The monoisotopic (exact) mass is 288 g/mol. The first-order chi connectivity index (χ1) is 10.0. The van der Waals surface area contributed by atoms with Crippen LogP contribution in [0.15, 0.2) is 24.5 Å². The van der Waals surface area contributed by atoms with Crippen LogP contribution in [0.25, 0.3) is 0 Å². The van der Waals surface area contributed by atoms with E-state index in [0.717, 1.165) is 17.7 Å². The first kappa shape index (κ1) is 14.7. The zero-order chi connectivity index (χ0) is 15.4. The minimum atomic E-state index is -1.12. The Labute approximate surface area is 121 Å². The highest BCUT2D eigenvalue weighted by Crippen LogP contribution is 2.07. The maximum Gasteiger partial charge on any atom is 0.354 e. The SMILES string of the molecule is CCc1nn(C)cc1CNC(=O)c1ccc(C(=O)O)nc1. The van der Waals surface area contributed by atoms with Crippen LogP contribution in [0.2, 0.25) is 0 Å². The van der Waals surface area contributed by atoms with E-state index in [1.807, 2.05) is 20.2 Å². The van der Waals surface area contributed by atoms with E-state index >= 15 is 0 Å². The van der Waals surface area contributed by atoms with Crippen LogP contribution in [0.4, 0.5) is 0 Å². The zero-order valence-electron chi connectivity index (χ0n) is 11.8. The van der Waals surface area contributed by atoms with Gasteiger partial charge in [-0.2, -0.15) is 5.10 Å². The van der Waals surface area contributed by atoms with Crippen LogP contribution in [-0.4, -0.2) is 31.7 Å². The molecule has 0 radical (unpaired) electrons. The molecule has 0 fully saturated rings. The van der Waals surface area contributed by atoms with Gasteiger partial charge < -0.3 is 10.4 Å². The third-order valence-corrected chi connectivity index (χ3v) is 3.01. The summed E-state index contributed by atoms with van der Waals surface area (Å²) in [6, 6.07) is 2.74. The van der Waals surface area contributed by atoms with Gasteiger partial charge in [-0.15, -0.1) is 0 Å². The zero-order valence-corrected chi connectivity index (χ0v) is 11.8. The standard InChI is InChI=1S/C14H16N4O3/c1-3-11-10(8-18(2)17-11)7-16-13(19)9-4-5-12(14(20)21)15-6-9/h4-6,8H,3,7H2,1-2H3,(H,16,19)(H,20,21). The predicted molar refractivity (Wildman–Crippen MR) is 75.0 cm³/mol. The molecule has 0 aliphatic heterocycles. The van der Waals surface area contributed by atoms with E-state index in [9.17, 15) is 9.59 Å². The van der Waals surface area contributed by atoms with Crippen molar-refractivity contribution < 1.29 is 14.7 Å². The number of hydrogen-bond donors (Lipinski definition) is 2. The van der Waals surface area contributed by atoms with Gasteiger partial charge in [-0.05, 0) is 18.6 Å². The lowest BCUT2D eigenvalue weighted by atomic mass is 10.2. The largest absolute Gasteiger partial charge is 0.477 e. The molecule has 0 bridgehead atoms. The van der Waals surface area contributed by atoms with Crippen LogP contribution in [-0.2, 0) is 20.0 Å². The van der Waals surface area contributed by atoms with E-state index in [-0.39, 0.29) is 11.6 Å². The smallest absolute Gasteiger partial charge is 0.354 e. The molecule has 2 rings (SSSR count). The molecule has 0 atom stereocenters. The number of amides is 1. The van der Waals surface area contributed by atoms with Gasteiger partial charge in [0.05, 0.1) is 11.3 Å². The van der Waals surface area contributed by atoms with Gasteiger partial charge in [0.15, 0.2) is 0 Å². The Morgan fingerprint density at radius 3 is 2.71 bits per heavy atom. The Morgan fingerprint density at radius 1 is 1.38 bits per heavy atom. The van der Waals surface area contributed by atoms with Gasteiger partial charge in [0.2, 0.25) is 0 Å². The molecule has 2 heterocycles. The van der Waals surface area contributed by atoms with Gasteiger partial charge in [-0.1, -0.05) is 6.92 Å². The Balaban J connectivity index is 2.02. The summed E-state index contributed by atoms with van der Waals surface area (Å²) >= 11 is 0. The van der Waals surface area contributed by atoms with E-state index in [0.29, 0.717) is 12.1 Å². The summed E-state index contributed by atoms with van der Waals surface area (Å²) in [5, 5.41) is 15.8. The second-order valence-corrected chi connectivity index (χ2v) is 4.55. The van der Waals surface area contributed by atoms with Crippen molar-refractivity contribution in [3.8, 4) is 0 Å². The molecule has 2 aromatic rings. The minimum Gasteiger partial charge on any atom is -0.477 e. The highest BCUT2D eigenvalue weighted by molar-refractivity contribution is 5.94. The van der Waals surface area contributed by atoms with Crippen LogP contribution in [0.5, 0.6) is 0 Å². The lowest BCUT2D eigenvalue weighted by molar-refractivity contribution is 0.0689. The van der Waals surface area contributed by atoms with Crippen molar-refractivity contribution in [2.45, 2.75) is 19.9 Å². The van der Waals surface area contributed by atoms with Gasteiger partial charge in [0.25, 0.3) is 5.91 Å². The van der Waals surface area contributed by atoms with Gasteiger partial charge in [0, 0.05) is 31.5 Å². The molecule has 0 aliphatic rings. The summed E-state index contributed by atoms with van der Waals surface area (Å²) in [6.45, 7) is 2.37. The number of carboxylic acids is 1. The van der Waals surface area contributed by atoms with Crippen molar-refractivity contribution in [1.29, 1.82) is 0 Å². The van der Waals surface area contributed by atoms with Crippen molar-refractivity contribution in [2.75, 3.05) is 0 Å². The third-order valence-electron chi connectivity index (χ3n) is 3.01. The maximum atomic E-state index is 12.0. The van der Waals surface area contributed by atoms with Gasteiger partial charge in [-0.3, -0.25) is 9.48 Å². The van der Waals surface area contributed by atoms with Gasteiger partial charge >= 0.3 is 5.97 Å². The molecule has 7 nitrogen and oxygen atoms in total. The van der Waals surface area contributed by atoms with Crippen LogP contribution < -0.4 is 5.32 Å².